The third-order valence-corrected chi connectivity index (χ3v) is 6.22. The van der Waals surface area contributed by atoms with E-state index in [-0.39, 0.29) is 18.2 Å². The largest absolute Gasteiger partial charge is 0.497 e. The summed E-state index contributed by atoms with van der Waals surface area (Å²) >= 11 is 0. The van der Waals surface area contributed by atoms with Crippen LogP contribution in [0.4, 0.5) is 11.6 Å². The maximum Gasteiger partial charge on any atom is 0.332 e. The second kappa shape index (κ2) is 8.33. The molecule has 0 amide bonds. The molecule has 0 bridgehead atoms. The topological polar surface area (TPSA) is 91.4 Å². The summed E-state index contributed by atoms with van der Waals surface area (Å²) < 4.78 is 9.48. The van der Waals surface area contributed by atoms with Crippen LogP contribution in [-0.4, -0.2) is 38.1 Å². The Morgan fingerprint density at radius 2 is 1.76 bits per heavy atom. The molecule has 1 atom stereocenters. The summed E-state index contributed by atoms with van der Waals surface area (Å²) in [5.41, 5.74) is 0.912. The summed E-state index contributed by atoms with van der Waals surface area (Å²) in [6.07, 6.45) is 0. The van der Waals surface area contributed by atoms with E-state index < -0.39 is 11.2 Å². The molecule has 0 saturated heterocycles. The highest BCUT2D eigenvalue weighted by atomic mass is 16.5. The summed E-state index contributed by atoms with van der Waals surface area (Å²) in [4.78, 5) is 46.1. The zero-order valence-corrected chi connectivity index (χ0v) is 19.3. The fourth-order valence-electron chi connectivity index (χ4n) is 4.48. The van der Waals surface area contributed by atoms with Crippen LogP contribution in [0.15, 0.2) is 64.2 Å². The van der Waals surface area contributed by atoms with Crippen molar-refractivity contribution in [3.8, 4) is 5.75 Å². The van der Waals surface area contributed by atoms with Gasteiger partial charge in [-0.25, -0.2) is 4.79 Å². The van der Waals surface area contributed by atoms with Crippen molar-refractivity contribution in [1.82, 2.24) is 18.7 Å². The Kier molecular flexibility index (Phi) is 5.31. The van der Waals surface area contributed by atoms with Crippen LogP contribution < -0.4 is 20.9 Å². The Hall–Kier alpha value is -4.14. The van der Waals surface area contributed by atoms with Crippen LogP contribution in [0.3, 0.4) is 0 Å². The van der Waals surface area contributed by atoms with Crippen LogP contribution in [0.5, 0.6) is 5.75 Å². The van der Waals surface area contributed by atoms with Gasteiger partial charge in [-0.05, 0) is 30.2 Å². The van der Waals surface area contributed by atoms with Gasteiger partial charge in [0.15, 0.2) is 16.9 Å². The first kappa shape index (κ1) is 21.7. The molecular formula is C25H25N5O4. The average molecular weight is 460 g/mol. The smallest absolute Gasteiger partial charge is 0.332 e. The lowest BCUT2D eigenvalue weighted by Crippen LogP contribution is -2.42. The van der Waals surface area contributed by atoms with Crippen LogP contribution >= 0.6 is 0 Å². The quantitative estimate of drug-likeness (QED) is 0.426. The van der Waals surface area contributed by atoms with Gasteiger partial charge in [-0.3, -0.25) is 18.7 Å². The van der Waals surface area contributed by atoms with Crippen LogP contribution in [0.25, 0.3) is 11.2 Å². The number of aromatic nitrogens is 4. The Morgan fingerprint density at radius 3 is 2.44 bits per heavy atom. The van der Waals surface area contributed by atoms with E-state index in [1.807, 2.05) is 39.8 Å². The maximum atomic E-state index is 13.5. The highest BCUT2D eigenvalue weighted by Gasteiger charge is 2.30. The molecule has 4 aromatic rings. The number of methoxy groups -OCH3 is 1. The zero-order chi connectivity index (χ0) is 24.0. The van der Waals surface area contributed by atoms with Crippen LogP contribution in [0, 0.1) is 5.92 Å². The van der Waals surface area contributed by atoms with Gasteiger partial charge >= 0.3 is 5.69 Å². The van der Waals surface area contributed by atoms with E-state index in [2.05, 4.69) is 6.92 Å². The van der Waals surface area contributed by atoms with Crippen molar-refractivity contribution in [3.63, 3.8) is 0 Å². The molecule has 0 radical (unpaired) electrons. The molecule has 0 unspecified atom stereocenters. The van der Waals surface area contributed by atoms with Crippen LogP contribution in [0.1, 0.15) is 17.3 Å². The molecule has 9 nitrogen and oxygen atoms in total. The normalized spacial score (nSPS) is 15.4. The Bertz CT molecular complexity index is 1500. The Balaban J connectivity index is 1.65. The third kappa shape index (κ3) is 3.49. The number of carbonyl (C=O) groups is 1. The van der Waals surface area contributed by atoms with Gasteiger partial charge < -0.3 is 14.2 Å². The lowest BCUT2D eigenvalue weighted by Gasteiger charge is -2.33. The summed E-state index contributed by atoms with van der Waals surface area (Å²) in [5, 5.41) is 0. The first-order valence-electron chi connectivity index (χ1n) is 11.1. The van der Waals surface area contributed by atoms with E-state index in [1.54, 1.807) is 38.4 Å². The Morgan fingerprint density at radius 1 is 1.06 bits per heavy atom. The number of aryl methyl sites for hydroxylation is 1. The molecule has 34 heavy (non-hydrogen) atoms. The average Bonchev–Trinajstić information content (AvgIpc) is 3.25. The van der Waals surface area contributed by atoms with Crippen molar-refractivity contribution in [1.29, 1.82) is 0 Å². The molecule has 2 aromatic carbocycles. The van der Waals surface area contributed by atoms with Crippen molar-refractivity contribution >= 4 is 28.6 Å². The molecule has 0 saturated carbocycles. The number of ether oxygens (including phenoxy) is 1. The van der Waals surface area contributed by atoms with Gasteiger partial charge in [-0.2, -0.15) is 4.98 Å². The number of hydrogen-bond acceptors (Lipinski definition) is 6. The molecule has 1 aliphatic rings. The fraction of sp³-hybridized carbons (Fsp3) is 0.280. The second-order valence-electron chi connectivity index (χ2n) is 8.63. The second-order valence-corrected chi connectivity index (χ2v) is 8.63. The van der Waals surface area contributed by atoms with Gasteiger partial charge in [0.25, 0.3) is 5.56 Å². The van der Waals surface area contributed by atoms with E-state index in [9.17, 15) is 14.4 Å². The fourth-order valence-corrected chi connectivity index (χ4v) is 4.48. The SMILES string of the molecule is COc1ccc(N2C[C@@H](C)Cn3c2nc2c3c(=O)n(CC(=O)c3ccccc3)c(=O)n2C)cc1. The van der Waals surface area contributed by atoms with E-state index in [4.69, 9.17) is 9.72 Å². The van der Waals surface area contributed by atoms with E-state index in [0.717, 1.165) is 16.0 Å². The number of imidazole rings is 1. The molecule has 0 aliphatic carbocycles. The number of rotatable bonds is 5. The zero-order valence-electron chi connectivity index (χ0n) is 19.3. The highest BCUT2D eigenvalue weighted by Crippen LogP contribution is 2.33. The summed E-state index contributed by atoms with van der Waals surface area (Å²) in [6, 6.07) is 16.3. The lowest BCUT2D eigenvalue weighted by atomic mass is 10.1. The van der Waals surface area contributed by atoms with Crippen LogP contribution in [-0.2, 0) is 20.1 Å². The summed E-state index contributed by atoms with van der Waals surface area (Å²) in [7, 11) is 3.19. The molecule has 174 valence electrons. The highest BCUT2D eigenvalue weighted by molar-refractivity contribution is 5.96. The predicted molar refractivity (Wildman–Crippen MR) is 129 cm³/mol. The van der Waals surface area contributed by atoms with Crippen molar-refractivity contribution in [2.45, 2.75) is 20.0 Å². The van der Waals surface area contributed by atoms with Gasteiger partial charge in [-0.15, -0.1) is 0 Å². The number of benzene rings is 2. The minimum atomic E-state index is -0.568. The van der Waals surface area contributed by atoms with Gasteiger partial charge in [0.2, 0.25) is 5.95 Å². The molecule has 1 aliphatic heterocycles. The molecule has 9 heteroatoms. The molecule has 0 fully saturated rings. The first-order chi connectivity index (χ1) is 16.4. The van der Waals surface area contributed by atoms with Crippen molar-refractivity contribution < 1.29 is 9.53 Å². The maximum absolute atomic E-state index is 13.5. The van der Waals surface area contributed by atoms with Gasteiger partial charge in [0.05, 0.1) is 13.7 Å². The number of nitrogens with zero attached hydrogens (tertiary/aromatic N) is 5. The van der Waals surface area contributed by atoms with Gasteiger partial charge in [0.1, 0.15) is 5.75 Å². The van der Waals surface area contributed by atoms with Crippen LogP contribution in [0.2, 0.25) is 0 Å². The number of anilines is 2. The minimum Gasteiger partial charge on any atom is -0.497 e. The monoisotopic (exact) mass is 459 g/mol. The molecule has 0 N–H and O–H groups in total. The van der Waals surface area contributed by atoms with Gasteiger partial charge in [0, 0.05) is 31.4 Å². The molecule has 3 heterocycles. The lowest BCUT2D eigenvalue weighted by molar-refractivity contribution is 0.0969. The van der Waals surface area contributed by atoms with Crippen molar-refractivity contribution in [2.24, 2.45) is 13.0 Å². The molecule has 2 aromatic heterocycles. The predicted octanol–water partition coefficient (Wildman–Crippen LogP) is 2.58. The van der Waals surface area contributed by atoms with Gasteiger partial charge in [-0.1, -0.05) is 37.3 Å². The van der Waals surface area contributed by atoms with E-state index >= 15 is 0 Å². The van der Waals surface area contributed by atoms with E-state index in [1.165, 1.54) is 4.57 Å². The molecule has 5 rings (SSSR count). The molecular weight excluding hydrogens is 434 g/mol. The molecule has 0 spiro atoms. The van der Waals surface area contributed by atoms with Crippen molar-refractivity contribution in [2.75, 3.05) is 18.6 Å². The standard InChI is InChI=1S/C25H25N5O4/c1-16-13-28(18-9-11-19(34-3)12-10-18)24-26-22-21(29(24)14-16)23(32)30(25(33)27(22)2)15-20(31)17-7-5-4-6-8-17/h4-12,16H,13-15H2,1-3H3/t16-/m1/s1. The minimum absolute atomic E-state index is 0.225. The van der Waals surface area contributed by atoms with Crippen molar-refractivity contribution in [3.05, 3.63) is 81.0 Å². The third-order valence-electron chi connectivity index (χ3n) is 6.22. The summed E-state index contributed by atoms with van der Waals surface area (Å²) in [5.74, 6) is 1.27. The summed E-state index contributed by atoms with van der Waals surface area (Å²) in [6.45, 7) is 3.07. The van der Waals surface area contributed by atoms with E-state index in [0.29, 0.717) is 35.8 Å². The Labute approximate surface area is 195 Å². The number of Topliss-reactive ketones (excluding diaryl/α,β-unsaturated/α-hetero) is 1. The number of ketones is 1. The number of fused-ring (bicyclic) bond motifs is 3. The number of carbonyl (C=O) groups excluding carboxylic acids is 1. The number of hydrogen-bond donors (Lipinski definition) is 0. The first-order valence-corrected chi connectivity index (χ1v) is 11.1.